The third-order valence-corrected chi connectivity index (χ3v) is 5.96. The fourth-order valence-electron chi connectivity index (χ4n) is 3.75. The van der Waals surface area contributed by atoms with Crippen LogP contribution in [0.4, 0.5) is 0 Å². The third kappa shape index (κ3) is 14.7. The average molecular weight is 609 g/mol. The summed E-state index contributed by atoms with van der Waals surface area (Å²) in [4.78, 5) is 8.80. The predicted molar refractivity (Wildman–Crippen MR) is 171 cm³/mol. The maximum absolute atomic E-state index is 6.21. The molecule has 0 bridgehead atoms. The van der Waals surface area contributed by atoms with Crippen molar-refractivity contribution in [2.75, 3.05) is 93.5 Å². The molecule has 0 atom stereocenters. The van der Waals surface area contributed by atoms with E-state index < -0.39 is 0 Å². The van der Waals surface area contributed by atoms with Crippen LogP contribution in [0.5, 0.6) is 11.5 Å². The Morgan fingerprint density at radius 3 is 1.23 bits per heavy atom. The van der Waals surface area contributed by atoms with Crippen molar-refractivity contribution < 1.29 is 37.9 Å². The highest BCUT2D eigenvalue weighted by atomic mass is 16.6. The molecule has 0 spiro atoms. The fourth-order valence-corrected chi connectivity index (χ4v) is 3.75. The molecule has 10 nitrogen and oxygen atoms in total. The van der Waals surface area contributed by atoms with Gasteiger partial charge in [0, 0.05) is 37.7 Å². The zero-order chi connectivity index (χ0) is 30.9. The van der Waals surface area contributed by atoms with Crippen LogP contribution in [0.3, 0.4) is 0 Å². The lowest BCUT2D eigenvalue weighted by Crippen LogP contribution is -2.13. The maximum atomic E-state index is 6.21. The molecule has 44 heavy (non-hydrogen) atoms. The molecule has 0 N–H and O–H groups in total. The van der Waals surface area contributed by atoms with Crippen molar-refractivity contribution in [2.45, 2.75) is 0 Å². The van der Waals surface area contributed by atoms with E-state index >= 15 is 0 Å². The highest BCUT2D eigenvalue weighted by Crippen LogP contribution is 2.32. The summed E-state index contributed by atoms with van der Waals surface area (Å²) >= 11 is 0. The summed E-state index contributed by atoms with van der Waals surface area (Å²) in [6.45, 7) is 5.74. The molecular weight excluding hydrogens is 564 g/mol. The van der Waals surface area contributed by atoms with Crippen LogP contribution in [0.15, 0.2) is 60.9 Å². The molecule has 0 aliphatic carbocycles. The van der Waals surface area contributed by atoms with Gasteiger partial charge in [-0.3, -0.25) is 9.97 Å². The van der Waals surface area contributed by atoms with Crippen LogP contribution < -0.4 is 9.47 Å². The number of hydrogen-bond acceptors (Lipinski definition) is 10. The Labute approximate surface area is 260 Å². The van der Waals surface area contributed by atoms with Crippen LogP contribution in [0.25, 0.3) is 24.3 Å². The molecule has 10 heteroatoms. The van der Waals surface area contributed by atoms with Crippen molar-refractivity contribution in [3.63, 3.8) is 0 Å². The van der Waals surface area contributed by atoms with Crippen molar-refractivity contribution in [3.05, 3.63) is 83.4 Å². The lowest BCUT2D eigenvalue weighted by molar-refractivity contribution is 0.0177. The van der Waals surface area contributed by atoms with Gasteiger partial charge in [0.05, 0.1) is 77.5 Å². The smallest absolute Gasteiger partial charge is 0.127 e. The highest BCUT2D eigenvalue weighted by molar-refractivity contribution is 5.78. The largest absolute Gasteiger partial charge is 0.491 e. The first kappa shape index (κ1) is 34.8. The van der Waals surface area contributed by atoms with Crippen LogP contribution in [0.1, 0.15) is 22.5 Å². The maximum Gasteiger partial charge on any atom is 0.127 e. The number of nitrogens with zero attached hydrogens (tertiary/aromatic N) is 2. The Morgan fingerprint density at radius 1 is 0.477 bits per heavy atom. The van der Waals surface area contributed by atoms with Crippen molar-refractivity contribution in [1.82, 2.24) is 9.97 Å². The van der Waals surface area contributed by atoms with Gasteiger partial charge in [0.15, 0.2) is 0 Å². The van der Waals surface area contributed by atoms with Gasteiger partial charge in [-0.15, -0.1) is 0 Å². The minimum Gasteiger partial charge on any atom is -0.491 e. The zero-order valence-electron chi connectivity index (χ0n) is 25.7. The van der Waals surface area contributed by atoms with Crippen LogP contribution in [0, 0.1) is 0 Å². The van der Waals surface area contributed by atoms with Gasteiger partial charge in [0.1, 0.15) is 24.7 Å². The molecule has 0 fully saturated rings. The van der Waals surface area contributed by atoms with Gasteiger partial charge in [-0.25, -0.2) is 0 Å². The second kappa shape index (κ2) is 22.8. The molecule has 0 saturated carbocycles. The number of pyridine rings is 2. The van der Waals surface area contributed by atoms with Gasteiger partial charge in [-0.05, 0) is 60.7 Å². The van der Waals surface area contributed by atoms with E-state index in [1.807, 2.05) is 72.8 Å². The van der Waals surface area contributed by atoms with E-state index in [2.05, 4.69) is 9.97 Å². The van der Waals surface area contributed by atoms with Gasteiger partial charge >= 0.3 is 0 Å². The van der Waals surface area contributed by atoms with Gasteiger partial charge in [0.25, 0.3) is 0 Å². The summed E-state index contributed by atoms with van der Waals surface area (Å²) in [5, 5.41) is 0. The molecule has 238 valence electrons. The van der Waals surface area contributed by atoms with Crippen LogP contribution in [-0.2, 0) is 28.4 Å². The van der Waals surface area contributed by atoms with E-state index in [1.54, 1.807) is 26.6 Å². The first-order valence-corrected chi connectivity index (χ1v) is 14.7. The molecule has 0 saturated heterocycles. The minimum absolute atomic E-state index is 0.367. The van der Waals surface area contributed by atoms with Gasteiger partial charge in [-0.2, -0.15) is 0 Å². The molecule has 0 amide bonds. The molecule has 1 aromatic carbocycles. The normalized spacial score (nSPS) is 11.5. The summed E-state index contributed by atoms with van der Waals surface area (Å²) < 4.78 is 44.6. The van der Waals surface area contributed by atoms with Gasteiger partial charge in [-0.1, -0.05) is 12.1 Å². The average Bonchev–Trinajstić information content (AvgIpc) is 3.06. The number of benzene rings is 1. The van der Waals surface area contributed by atoms with E-state index in [0.29, 0.717) is 90.8 Å². The number of hydrogen-bond donors (Lipinski definition) is 0. The van der Waals surface area contributed by atoms with E-state index in [0.717, 1.165) is 22.5 Å². The summed E-state index contributed by atoms with van der Waals surface area (Å²) in [6.07, 6.45) is 11.3. The predicted octanol–water partition coefficient (Wildman–Crippen LogP) is 4.93. The first-order valence-electron chi connectivity index (χ1n) is 14.7. The SMILES string of the molecule is COCCOCCOCCOc1cc(/C=C/c2ccccn2)c(OCCOCCOCCOC)cc1/C=C/c1ccccn1. The molecule has 0 aliphatic rings. The molecular formula is C34H44N2O8. The first-order chi connectivity index (χ1) is 21.8. The molecule has 0 radical (unpaired) electrons. The number of methoxy groups -OCH3 is 2. The Bertz CT molecular complexity index is 1110. The number of rotatable bonds is 24. The Kier molecular flexibility index (Phi) is 18.1. The van der Waals surface area contributed by atoms with E-state index in [4.69, 9.17) is 37.9 Å². The van der Waals surface area contributed by atoms with Crippen molar-refractivity contribution in [3.8, 4) is 11.5 Å². The number of aromatic nitrogens is 2. The quantitative estimate of drug-likeness (QED) is 0.130. The Balaban J connectivity index is 1.71. The molecule has 2 aromatic heterocycles. The zero-order valence-corrected chi connectivity index (χ0v) is 25.7. The lowest BCUT2D eigenvalue weighted by atomic mass is 10.1. The summed E-state index contributed by atoms with van der Waals surface area (Å²) in [5.41, 5.74) is 3.35. The van der Waals surface area contributed by atoms with Crippen molar-refractivity contribution >= 4 is 24.3 Å². The summed E-state index contributed by atoms with van der Waals surface area (Å²) in [6, 6.07) is 15.5. The van der Waals surface area contributed by atoms with Crippen LogP contribution >= 0.6 is 0 Å². The standard InChI is InChI=1S/C34H44N2O8/c1-37-15-17-39-19-21-41-23-25-43-33-27-30(10-12-32-8-4-6-14-36-32)34(44-26-24-42-22-20-40-18-16-38-2)28-29(33)9-11-31-7-3-5-13-35-31/h3-14,27-28H,15-26H2,1-2H3/b11-9+,12-10+. The Morgan fingerprint density at radius 2 is 0.864 bits per heavy atom. The van der Waals surface area contributed by atoms with E-state index in [-0.39, 0.29) is 0 Å². The van der Waals surface area contributed by atoms with E-state index in [1.165, 1.54) is 0 Å². The molecule has 3 rings (SSSR count). The Hall–Kier alpha value is -3.64. The molecule has 0 aliphatic heterocycles. The van der Waals surface area contributed by atoms with Gasteiger partial charge < -0.3 is 37.9 Å². The van der Waals surface area contributed by atoms with Gasteiger partial charge in [0.2, 0.25) is 0 Å². The summed E-state index contributed by atoms with van der Waals surface area (Å²) in [5.74, 6) is 1.38. The highest BCUT2D eigenvalue weighted by Gasteiger charge is 2.11. The second-order valence-corrected chi connectivity index (χ2v) is 9.24. The number of ether oxygens (including phenoxy) is 8. The van der Waals surface area contributed by atoms with Crippen molar-refractivity contribution in [2.24, 2.45) is 0 Å². The topological polar surface area (TPSA) is 99.6 Å². The fraction of sp³-hybridized carbons (Fsp3) is 0.412. The minimum atomic E-state index is 0.367. The monoisotopic (exact) mass is 608 g/mol. The van der Waals surface area contributed by atoms with Crippen LogP contribution in [-0.4, -0.2) is 103 Å². The lowest BCUT2D eigenvalue weighted by Gasteiger charge is -2.16. The van der Waals surface area contributed by atoms with E-state index in [9.17, 15) is 0 Å². The van der Waals surface area contributed by atoms with Crippen molar-refractivity contribution in [1.29, 1.82) is 0 Å². The molecule has 3 aromatic rings. The van der Waals surface area contributed by atoms with Crippen LogP contribution in [0.2, 0.25) is 0 Å². The molecule has 0 unspecified atom stereocenters. The summed E-state index contributed by atoms with van der Waals surface area (Å²) in [7, 11) is 3.29. The third-order valence-electron chi connectivity index (χ3n) is 5.96. The molecule has 2 heterocycles. The second-order valence-electron chi connectivity index (χ2n) is 9.24.